The summed E-state index contributed by atoms with van der Waals surface area (Å²) >= 11 is 6.01. The molecule has 1 aliphatic rings. The summed E-state index contributed by atoms with van der Waals surface area (Å²) in [5.74, 6) is 0. The number of hydrogen-bond acceptors (Lipinski definition) is 1. The minimum absolute atomic E-state index is 0.0608. The smallest absolute Gasteiger partial charge is 0.0406 e. The van der Waals surface area contributed by atoms with E-state index in [0.29, 0.717) is 0 Å². The Labute approximate surface area is 119 Å². The molecule has 98 valence electrons. The molecule has 0 bridgehead atoms. The van der Waals surface area contributed by atoms with Gasteiger partial charge in [0.1, 0.15) is 0 Å². The van der Waals surface area contributed by atoms with E-state index in [1.54, 1.807) is 0 Å². The van der Waals surface area contributed by atoms with E-state index < -0.39 is 0 Å². The highest BCUT2D eigenvalue weighted by atomic mass is 35.5. The molecular formula is C17H18ClN. The van der Waals surface area contributed by atoms with Crippen molar-refractivity contribution in [2.24, 2.45) is 5.73 Å². The largest absolute Gasteiger partial charge is 0.328 e. The lowest BCUT2D eigenvalue weighted by molar-refractivity contribution is 0.524. The van der Waals surface area contributed by atoms with Crippen LogP contribution in [0.1, 0.15) is 30.4 Å². The van der Waals surface area contributed by atoms with Crippen LogP contribution in [0, 0.1) is 0 Å². The Morgan fingerprint density at radius 3 is 2.16 bits per heavy atom. The zero-order valence-electron chi connectivity index (χ0n) is 10.9. The Hall–Kier alpha value is -1.31. The molecule has 2 N–H and O–H groups in total. The van der Waals surface area contributed by atoms with Crippen LogP contribution in [-0.2, 0) is 5.41 Å². The Morgan fingerprint density at radius 2 is 1.58 bits per heavy atom. The summed E-state index contributed by atoms with van der Waals surface area (Å²) in [6.45, 7) is 0. The highest BCUT2D eigenvalue weighted by Gasteiger charge is 2.40. The number of benzene rings is 2. The zero-order valence-corrected chi connectivity index (χ0v) is 11.6. The summed E-state index contributed by atoms with van der Waals surface area (Å²) in [5.41, 5.74) is 8.95. The van der Waals surface area contributed by atoms with Gasteiger partial charge in [-0.15, -0.1) is 0 Å². The third-order valence-corrected chi connectivity index (χ3v) is 4.53. The van der Waals surface area contributed by atoms with Crippen LogP contribution in [0.15, 0.2) is 54.6 Å². The maximum absolute atomic E-state index is 6.19. The van der Waals surface area contributed by atoms with Gasteiger partial charge < -0.3 is 5.73 Å². The molecule has 1 aliphatic carbocycles. The normalized spacial score (nSPS) is 26.5. The van der Waals surface area contributed by atoms with E-state index in [9.17, 15) is 0 Å². The molecule has 2 atom stereocenters. The van der Waals surface area contributed by atoms with Gasteiger partial charge in [0, 0.05) is 16.5 Å². The van der Waals surface area contributed by atoms with Gasteiger partial charge in [-0.1, -0.05) is 54.1 Å². The number of nitrogens with two attached hydrogens (primary N) is 1. The fraction of sp³-hybridized carbons (Fsp3) is 0.294. The van der Waals surface area contributed by atoms with Crippen molar-refractivity contribution in [2.75, 3.05) is 0 Å². The molecular weight excluding hydrogens is 254 g/mol. The van der Waals surface area contributed by atoms with E-state index in [1.807, 2.05) is 12.1 Å². The van der Waals surface area contributed by atoms with Crippen LogP contribution in [0.25, 0.3) is 0 Å². The fourth-order valence-corrected chi connectivity index (χ4v) is 3.43. The standard InChI is InChI=1S/C17H18ClN/c18-15-8-6-14(7-9-15)17(11-10-16(19)12-17)13-4-2-1-3-5-13/h1-9,16H,10-12,19H2/t16-,17+/m0/s1. The molecule has 0 radical (unpaired) electrons. The van der Waals surface area contributed by atoms with E-state index in [0.717, 1.165) is 24.3 Å². The molecule has 1 nitrogen and oxygen atoms in total. The molecule has 3 rings (SSSR count). The molecule has 0 saturated heterocycles. The first-order valence-corrected chi connectivity index (χ1v) is 7.16. The van der Waals surface area contributed by atoms with Gasteiger partial charge in [0.05, 0.1) is 0 Å². The van der Waals surface area contributed by atoms with Crippen LogP contribution < -0.4 is 5.73 Å². The molecule has 0 spiro atoms. The summed E-state index contributed by atoms with van der Waals surface area (Å²) in [4.78, 5) is 0. The maximum atomic E-state index is 6.19. The van der Waals surface area contributed by atoms with E-state index >= 15 is 0 Å². The number of hydrogen-bond donors (Lipinski definition) is 1. The molecule has 0 aromatic heterocycles. The van der Waals surface area contributed by atoms with Crippen LogP contribution in [-0.4, -0.2) is 6.04 Å². The Balaban J connectivity index is 2.10. The molecule has 1 saturated carbocycles. The van der Waals surface area contributed by atoms with Crippen molar-refractivity contribution in [3.8, 4) is 0 Å². The second-order valence-electron chi connectivity index (χ2n) is 5.46. The van der Waals surface area contributed by atoms with Crippen molar-refractivity contribution >= 4 is 11.6 Å². The molecule has 0 unspecified atom stereocenters. The lowest BCUT2D eigenvalue weighted by atomic mass is 9.73. The quantitative estimate of drug-likeness (QED) is 0.873. The minimum Gasteiger partial charge on any atom is -0.328 e. The molecule has 0 amide bonds. The van der Waals surface area contributed by atoms with Gasteiger partial charge in [-0.25, -0.2) is 0 Å². The monoisotopic (exact) mass is 271 g/mol. The van der Waals surface area contributed by atoms with Crippen LogP contribution in [0.3, 0.4) is 0 Å². The second kappa shape index (κ2) is 4.99. The Bertz CT molecular complexity index is 549. The van der Waals surface area contributed by atoms with E-state index in [2.05, 4.69) is 42.5 Å². The summed E-state index contributed by atoms with van der Waals surface area (Å²) in [6, 6.07) is 19.2. The third kappa shape index (κ3) is 2.29. The van der Waals surface area contributed by atoms with Gasteiger partial charge in [-0.3, -0.25) is 0 Å². The molecule has 0 aliphatic heterocycles. The summed E-state index contributed by atoms with van der Waals surface area (Å²) in [6.07, 6.45) is 3.20. The van der Waals surface area contributed by atoms with Crippen LogP contribution >= 0.6 is 11.6 Å². The van der Waals surface area contributed by atoms with Gasteiger partial charge >= 0.3 is 0 Å². The lowest BCUT2D eigenvalue weighted by Crippen LogP contribution is -2.27. The van der Waals surface area contributed by atoms with Gasteiger partial charge in [-0.05, 0) is 42.5 Å². The van der Waals surface area contributed by atoms with Gasteiger partial charge in [0.15, 0.2) is 0 Å². The zero-order chi connectivity index (χ0) is 13.3. The number of rotatable bonds is 2. The van der Waals surface area contributed by atoms with Crippen molar-refractivity contribution in [2.45, 2.75) is 30.7 Å². The average molecular weight is 272 g/mol. The van der Waals surface area contributed by atoms with E-state index in [-0.39, 0.29) is 11.5 Å². The topological polar surface area (TPSA) is 26.0 Å². The minimum atomic E-state index is 0.0608. The molecule has 1 fully saturated rings. The van der Waals surface area contributed by atoms with E-state index in [1.165, 1.54) is 11.1 Å². The average Bonchev–Trinajstić information content (AvgIpc) is 2.84. The van der Waals surface area contributed by atoms with Gasteiger partial charge in [-0.2, -0.15) is 0 Å². The Morgan fingerprint density at radius 1 is 0.947 bits per heavy atom. The lowest BCUT2D eigenvalue weighted by Gasteiger charge is -2.31. The SMILES string of the molecule is N[C@H]1CC[C@@](c2ccccc2)(c2ccc(Cl)cc2)C1. The van der Waals surface area contributed by atoms with Crippen molar-refractivity contribution in [3.63, 3.8) is 0 Å². The first-order chi connectivity index (χ1) is 9.21. The summed E-state index contributed by atoms with van der Waals surface area (Å²) in [7, 11) is 0. The van der Waals surface area contributed by atoms with Crippen molar-refractivity contribution in [1.82, 2.24) is 0 Å². The fourth-order valence-electron chi connectivity index (χ4n) is 3.30. The van der Waals surface area contributed by atoms with E-state index in [4.69, 9.17) is 17.3 Å². The molecule has 19 heavy (non-hydrogen) atoms. The first kappa shape index (κ1) is 12.7. The molecule has 2 aromatic carbocycles. The van der Waals surface area contributed by atoms with Gasteiger partial charge in [0.25, 0.3) is 0 Å². The summed E-state index contributed by atoms with van der Waals surface area (Å²) < 4.78 is 0. The highest BCUT2D eigenvalue weighted by Crippen LogP contribution is 2.46. The summed E-state index contributed by atoms with van der Waals surface area (Å²) in [5, 5.41) is 0.786. The van der Waals surface area contributed by atoms with Crippen molar-refractivity contribution in [3.05, 3.63) is 70.7 Å². The van der Waals surface area contributed by atoms with Crippen molar-refractivity contribution in [1.29, 1.82) is 0 Å². The van der Waals surface area contributed by atoms with Crippen LogP contribution in [0.5, 0.6) is 0 Å². The van der Waals surface area contributed by atoms with Crippen LogP contribution in [0.2, 0.25) is 5.02 Å². The molecule has 2 aromatic rings. The number of halogens is 1. The van der Waals surface area contributed by atoms with Crippen LogP contribution in [0.4, 0.5) is 0 Å². The highest BCUT2D eigenvalue weighted by molar-refractivity contribution is 6.30. The third-order valence-electron chi connectivity index (χ3n) is 4.28. The van der Waals surface area contributed by atoms with Crippen molar-refractivity contribution < 1.29 is 0 Å². The molecule has 0 heterocycles. The predicted octanol–water partition coefficient (Wildman–Crippen LogP) is 4.14. The predicted molar refractivity (Wildman–Crippen MR) is 80.5 cm³/mol. The first-order valence-electron chi connectivity index (χ1n) is 6.78. The molecule has 2 heteroatoms. The second-order valence-corrected chi connectivity index (χ2v) is 5.89. The maximum Gasteiger partial charge on any atom is 0.0406 e. The Kier molecular flexibility index (Phi) is 3.34. The van der Waals surface area contributed by atoms with Gasteiger partial charge in [0.2, 0.25) is 0 Å².